The average molecular weight is 261 g/mol. The SMILES string of the molecule is [O-][NH+]=CCc1ccc(I)cc1. The van der Waals surface area contributed by atoms with E-state index in [0.29, 0.717) is 6.42 Å². The van der Waals surface area contributed by atoms with Crippen molar-refractivity contribution < 1.29 is 5.16 Å². The van der Waals surface area contributed by atoms with E-state index in [1.54, 1.807) is 5.16 Å². The van der Waals surface area contributed by atoms with E-state index < -0.39 is 0 Å². The maximum atomic E-state index is 9.86. The van der Waals surface area contributed by atoms with E-state index in [-0.39, 0.29) is 0 Å². The Morgan fingerprint density at radius 2 is 2.00 bits per heavy atom. The molecule has 0 fully saturated rings. The van der Waals surface area contributed by atoms with E-state index in [1.807, 2.05) is 24.3 Å². The summed E-state index contributed by atoms with van der Waals surface area (Å²) in [6, 6.07) is 8.06. The van der Waals surface area contributed by atoms with Crippen LogP contribution in [-0.2, 0) is 6.42 Å². The molecule has 0 aliphatic carbocycles. The Kier molecular flexibility index (Phi) is 3.35. The van der Waals surface area contributed by atoms with Gasteiger partial charge in [0, 0.05) is 3.57 Å². The highest BCUT2D eigenvalue weighted by atomic mass is 127. The molecule has 11 heavy (non-hydrogen) atoms. The summed E-state index contributed by atoms with van der Waals surface area (Å²) in [5.41, 5.74) is 1.15. The summed E-state index contributed by atoms with van der Waals surface area (Å²) in [5.74, 6) is 0. The molecule has 0 unspecified atom stereocenters. The second kappa shape index (κ2) is 4.33. The first-order valence-electron chi connectivity index (χ1n) is 3.26. The molecule has 0 bridgehead atoms. The van der Waals surface area contributed by atoms with Crippen molar-refractivity contribution in [3.63, 3.8) is 0 Å². The summed E-state index contributed by atoms with van der Waals surface area (Å²) >= 11 is 2.25. The molecule has 0 spiro atoms. The smallest absolute Gasteiger partial charge is 0.153 e. The first kappa shape index (κ1) is 8.52. The van der Waals surface area contributed by atoms with Gasteiger partial charge in [-0.15, -0.1) is 0 Å². The molecule has 0 aliphatic heterocycles. The molecule has 3 heteroatoms. The van der Waals surface area contributed by atoms with E-state index in [0.717, 1.165) is 5.56 Å². The number of benzene rings is 1. The number of hydrogen-bond donors (Lipinski definition) is 1. The van der Waals surface area contributed by atoms with Crippen LogP contribution in [0.5, 0.6) is 0 Å². The van der Waals surface area contributed by atoms with Crippen molar-refractivity contribution in [2.45, 2.75) is 6.42 Å². The monoisotopic (exact) mass is 261 g/mol. The molecular weight excluding hydrogens is 253 g/mol. The van der Waals surface area contributed by atoms with Crippen LogP contribution in [0, 0.1) is 8.78 Å². The Morgan fingerprint density at radius 3 is 2.55 bits per heavy atom. The molecule has 1 rings (SSSR count). The van der Waals surface area contributed by atoms with Crippen LogP contribution in [0.15, 0.2) is 24.3 Å². The van der Waals surface area contributed by atoms with Gasteiger partial charge in [0.05, 0.1) is 6.42 Å². The van der Waals surface area contributed by atoms with E-state index in [4.69, 9.17) is 0 Å². The minimum atomic E-state index is 0.681. The molecule has 0 radical (unpaired) electrons. The molecule has 2 nitrogen and oxygen atoms in total. The van der Waals surface area contributed by atoms with Crippen molar-refractivity contribution in [2.24, 2.45) is 0 Å². The van der Waals surface area contributed by atoms with E-state index in [2.05, 4.69) is 22.6 Å². The van der Waals surface area contributed by atoms with E-state index >= 15 is 0 Å². The van der Waals surface area contributed by atoms with Crippen LogP contribution in [0.2, 0.25) is 0 Å². The summed E-state index contributed by atoms with van der Waals surface area (Å²) < 4.78 is 1.21. The van der Waals surface area contributed by atoms with Crippen LogP contribution in [-0.4, -0.2) is 6.21 Å². The van der Waals surface area contributed by atoms with Crippen molar-refractivity contribution >= 4 is 28.8 Å². The van der Waals surface area contributed by atoms with Gasteiger partial charge in [-0.05, 0) is 40.3 Å². The highest BCUT2D eigenvalue weighted by Crippen LogP contribution is 2.05. The lowest BCUT2D eigenvalue weighted by Gasteiger charge is -1.93. The zero-order chi connectivity index (χ0) is 8.10. The Morgan fingerprint density at radius 1 is 1.36 bits per heavy atom. The van der Waals surface area contributed by atoms with Crippen LogP contribution in [0.4, 0.5) is 0 Å². The van der Waals surface area contributed by atoms with Gasteiger partial charge in [-0.1, -0.05) is 12.1 Å². The predicted molar refractivity (Wildman–Crippen MR) is 53.3 cm³/mol. The fourth-order valence-corrected chi connectivity index (χ4v) is 1.14. The summed E-state index contributed by atoms with van der Waals surface area (Å²) in [5, 5.41) is 11.6. The average Bonchev–Trinajstić information content (AvgIpc) is 2.04. The quantitative estimate of drug-likeness (QED) is 0.357. The lowest BCUT2D eigenvalue weighted by Crippen LogP contribution is -2.60. The minimum absolute atomic E-state index is 0.681. The predicted octanol–water partition coefficient (Wildman–Crippen LogP) is 0.483. The topological polar surface area (TPSA) is 37.0 Å². The first-order valence-corrected chi connectivity index (χ1v) is 4.34. The molecule has 0 amide bonds. The van der Waals surface area contributed by atoms with Gasteiger partial charge in [0.15, 0.2) is 6.21 Å². The molecule has 0 saturated carbocycles. The Hall–Kier alpha value is -0.580. The zero-order valence-corrected chi connectivity index (χ0v) is 8.04. The van der Waals surface area contributed by atoms with E-state index in [1.165, 1.54) is 9.78 Å². The van der Waals surface area contributed by atoms with E-state index in [9.17, 15) is 5.21 Å². The molecule has 0 aliphatic rings. The molecule has 1 N–H and O–H groups in total. The lowest BCUT2D eigenvalue weighted by molar-refractivity contribution is -0.368. The molecule has 0 saturated heterocycles. The molecule has 58 valence electrons. The molecular formula is C8H8INO. The summed E-state index contributed by atoms with van der Waals surface area (Å²) in [4.78, 5) is 0. The van der Waals surface area contributed by atoms with Crippen molar-refractivity contribution in [3.05, 3.63) is 38.6 Å². The van der Waals surface area contributed by atoms with Gasteiger partial charge < -0.3 is 5.21 Å². The molecule has 0 atom stereocenters. The first-order chi connectivity index (χ1) is 5.33. The minimum Gasteiger partial charge on any atom is -0.626 e. The van der Waals surface area contributed by atoms with Crippen molar-refractivity contribution in [3.8, 4) is 0 Å². The molecule has 1 aromatic rings. The van der Waals surface area contributed by atoms with Gasteiger partial charge in [-0.3, -0.25) is 0 Å². The van der Waals surface area contributed by atoms with Crippen molar-refractivity contribution in [1.82, 2.24) is 0 Å². The fraction of sp³-hybridized carbons (Fsp3) is 0.125. The van der Waals surface area contributed by atoms with Crippen LogP contribution in [0.3, 0.4) is 0 Å². The summed E-state index contributed by atoms with van der Waals surface area (Å²) in [6.07, 6.45) is 2.17. The van der Waals surface area contributed by atoms with Gasteiger partial charge in [0.1, 0.15) is 0 Å². The number of halogens is 1. The van der Waals surface area contributed by atoms with Gasteiger partial charge in [-0.25, -0.2) is 5.16 Å². The van der Waals surface area contributed by atoms with Crippen molar-refractivity contribution in [1.29, 1.82) is 0 Å². The van der Waals surface area contributed by atoms with Crippen LogP contribution < -0.4 is 5.16 Å². The summed E-state index contributed by atoms with van der Waals surface area (Å²) in [7, 11) is 0. The number of hydrogen-bond acceptors (Lipinski definition) is 1. The summed E-state index contributed by atoms with van der Waals surface area (Å²) in [6.45, 7) is 0. The van der Waals surface area contributed by atoms with Crippen LogP contribution in [0.25, 0.3) is 0 Å². The van der Waals surface area contributed by atoms with Gasteiger partial charge in [0.2, 0.25) is 0 Å². The normalized spacial score (nSPS) is 10.6. The molecule has 0 heterocycles. The number of nitrogens with one attached hydrogen (secondary N) is 1. The van der Waals surface area contributed by atoms with Crippen molar-refractivity contribution in [2.75, 3.05) is 0 Å². The third-order valence-corrected chi connectivity index (χ3v) is 2.05. The molecule has 1 aromatic carbocycles. The second-order valence-electron chi connectivity index (χ2n) is 2.15. The Bertz CT molecular complexity index is 243. The Labute approximate surface area is 79.1 Å². The maximum absolute atomic E-state index is 9.86. The molecule has 0 aromatic heterocycles. The Balaban J connectivity index is 2.66. The zero-order valence-electron chi connectivity index (χ0n) is 5.88. The fourth-order valence-electron chi connectivity index (χ4n) is 0.780. The standard InChI is InChI=1S/C8H8INO/c9-8-3-1-7(2-4-8)5-6-10-11/h1-4,6,10H,5H2. The van der Waals surface area contributed by atoms with Gasteiger partial charge >= 0.3 is 0 Å². The van der Waals surface area contributed by atoms with Gasteiger partial charge in [0.25, 0.3) is 0 Å². The van der Waals surface area contributed by atoms with Gasteiger partial charge in [-0.2, -0.15) is 0 Å². The van der Waals surface area contributed by atoms with Crippen LogP contribution in [0.1, 0.15) is 5.56 Å². The largest absolute Gasteiger partial charge is 0.626 e. The third-order valence-electron chi connectivity index (χ3n) is 1.33. The highest BCUT2D eigenvalue weighted by Gasteiger charge is 1.90. The van der Waals surface area contributed by atoms with Crippen LogP contribution >= 0.6 is 22.6 Å². The third kappa shape index (κ3) is 2.88. The lowest BCUT2D eigenvalue weighted by atomic mass is 10.2. The highest BCUT2D eigenvalue weighted by molar-refractivity contribution is 14.1. The second-order valence-corrected chi connectivity index (χ2v) is 3.40. The number of rotatable bonds is 2. The maximum Gasteiger partial charge on any atom is 0.153 e.